The van der Waals surface area contributed by atoms with Crippen molar-refractivity contribution in [3.05, 3.63) is 0 Å². The molecular weight excluding hydrogens is 216 g/mol. The average molecular weight is 244 g/mol. The maximum absolute atomic E-state index is 3.68. The topological polar surface area (TPSA) is 15.3 Å². The molecule has 0 aromatic rings. The summed E-state index contributed by atoms with van der Waals surface area (Å²) in [4.78, 5) is 2.66. The van der Waals surface area contributed by atoms with Crippen molar-refractivity contribution in [1.29, 1.82) is 0 Å². The average Bonchev–Trinajstić information content (AvgIpc) is 2.29. The summed E-state index contributed by atoms with van der Waals surface area (Å²) < 4.78 is 0. The summed E-state index contributed by atoms with van der Waals surface area (Å²) in [7, 11) is 0. The van der Waals surface area contributed by atoms with Crippen LogP contribution < -0.4 is 5.32 Å². The fourth-order valence-corrected chi connectivity index (χ4v) is 2.86. The number of nitrogens with zero attached hydrogens (tertiary/aromatic N) is 1. The lowest BCUT2D eigenvalue weighted by Gasteiger charge is -2.45. The Bertz CT molecular complexity index is 198. The third-order valence-corrected chi connectivity index (χ3v) is 4.70. The van der Waals surface area contributed by atoms with Gasteiger partial charge in [-0.25, -0.2) is 0 Å². The normalized spacial score (nSPS) is 31.9. The van der Waals surface area contributed by atoms with Crippen LogP contribution in [0.15, 0.2) is 0 Å². The fourth-order valence-electron chi connectivity index (χ4n) is 2.23. The van der Waals surface area contributed by atoms with E-state index in [2.05, 4.69) is 49.7 Å². The Kier molecular flexibility index (Phi) is 6.16. The van der Waals surface area contributed by atoms with E-state index in [0.717, 1.165) is 6.54 Å². The van der Waals surface area contributed by atoms with Gasteiger partial charge in [0, 0.05) is 24.7 Å². The Labute approximate surface area is 106 Å². The summed E-state index contributed by atoms with van der Waals surface area (Å²) in [5.41, 5.74) is 0.338. The van der Waals surface area contributed by atoms with Gasteiger partial charge in [0.2, 0.25) is 0 Å². The number of thioether (sulfide) groups is 1. The van der Waals surface area contributed by atoms with Crippen LogP contribution >= 0.6 is 11.8 Å². The largest absolute Gasteiger partial charge is 0.309 e. The standard InChI is InChI=1S/C13H28N2S/c1-5-13(4)11-15(12(3)10-14-13)8-7-9-16-6-2/h12,14H,5-11H2,1-4H3. The van der Waals surface area contributed by atoms with E-state index in [9.17, 15) is 0 Å². The van der Waals surface area contributed by atoms with Gasteiger partial charge >= 0.3 is 0 Å². The first kappa shape index (κ1) is 14.3. The Balaban J connectivity index is 2.32. The molecule has 1 aliphatic heterocycles. The van der Waals surface area contributed by atoms with Gasteiger partial charge in [0.25, 0.3) is 0 Å². The van der Waals surface area contributed by atoms with Crippen molar-refractivity contribution in [3.63, 3.8) is 0 Å². The molecule has 0 amide bonds. The van der Waals surface area contributed by atoms with Gasteiger partial charge < -0.3 is 5.32 Å². The van der Waals surface area contributed by atoms with Crippen LogP contribution in [0.5, 0.6) is 0 Å². The SMILES string of the molecule is CCSCCCN1CC(C)(CC)NCC1C. The molecular formula is C13H28N2S. The zero-order valence-corrected chi connectivity index (χ0v) is 12.2. The Morgan fingerprint density at radius 3 is 2.81 bits per heavy atom. The van der Waals surface area contributed by atoms with Crippen molar-refractivity contribution in [2.75, 3.05) is 31.1 Å². The highest BCUT2D eigenvalue weighted by Crippen LogP contribution is 2.19. The summed E-state index contributed by atoms with van der Waals surface area (Å²) in [5, 5.41) is 3.68. The molecule has 1 rings (SSSR count). The number of piperazine rings is 1. The molecule has 96 valence electrons. The third-order valence-electron chi connectivity index (χ3n) is 3.72. The molecule has 1 heterocycles. The molecule has 2 atom stereocenters. The molecule has 0 aromatic heterocycles. The maximum Gasteiger partial charge on any atom is 0.0278 e. The fraction of sp³-hybridized carbons (Fsp3) is 1.00. The molecule has 0 aromatic carbocycles. The third kappa shape index (κ3) is 4.27. The van der Waals surface area contributed by atoms with Gasteiger partial charge in [-0.3, -0.25) is 4.90 Å². The van der Waals surface area contributed by atoms with Crippen LogP contribution in [0.25, 0.3) is 0 Å². The first-order chi connectivity index (χ1) is 7.61. The minimum absolute atomic E-state index is 0.338. The van der Waals surface area contributed by atoms with E-state index < -0.39 is 0 Å². The lowest BCUT2D eigenvalue weighted by molar-refractivity contribution is 0.0937. The summed E-state index contributed by atoms with van der Waals surface area (Å²) in [6.07, 6.45) is 2.56. The molecule has 1 N–H and O–H groups in total. The van der Waals surface area contributed by atoms with Gasteiger partial charge in [0.1, 0.15) is 0 Å². The molecule has 1 aliphatic rings. The Hall–Kier alpha value is 0.270. The summed E-state index contributed by atoms with van der Waals surface area (Å²) in [6.45, 7) is 12.8. The van der Waals surface area contributed by atoms with Gasteiger partial charge in [0.15, 0.2) is 0 Å². The molecule has 1 fully saturated rings. The quantitative estimate of drug-likeness (QED) is 0.723. The van der Waals surface area contributed by atoms with Crippen molar-refractivity contribution in [2.24, 2.45) is 0 Å². The molecule has 3 heteroatoms. The zero-order valence-electron chi connectivity index (χ0n) is 11.4. The number of nitrogens with one attached hydrogen (secondary N) is 1. The lowest BCUT2D eigenvalue weighted by atomic mass is 9.94. The molecule has 0 saturated carbocycles. The van der Waals surface area contributed by atoms with Crippen molar-refractivity contribution >= 4 is 11.8 Å². The van der Waals surface area contributed by atoms with E-state index in [0.29, 0.717) is 11.6 Å². The molecule has 0 radical (unpaired) electrons. The van der Waals surface area contributed by atoms with Gasteiger partial charge in [-0.15, -0.1) is 0 Å². The van der Waals surface area contributed by atoms with E-state index in [1.165, 1.54) is 37.4 Å². The van der Waals surface area contributed by atoms with E-state index in [1.54, 1.807) is 0 Å². The van der Waals surface area contributed by atoms with E-state index in [1.807, 2.05) is 0 Å². The van der Waals surface area contributed by atoms with Crippen LogP contribution in [0.2, 0.25) is 0 Å². The summed E-state index contributed by atoms with van der Waals surface area (Å²) in [6, 6.07) is 0.700. The second-order valence-corrected chi connectivity index (χ2v) is 6.56. The van der Waals surface area contributed by atoms with Gasteiger partial charge in [0.05, 0.1) is 0 Å². The number of hydrogen-bond donors (Lipinski definition) is 1. The highest BCUT2D eigenvalue weighted by atomic mass is 32.2. The molecule has 16 heavy (non-hydrogen) atoms. The smallest absolute Gasteiger partial charge is 0.0278 e. The van der Waals surface area contributed by atoms with E-state index >= 15 is 0 Å². The number of hydrogen-bond acceptors (Lipinski definition) is 3. The highest BCUT2D eigenvalue weighted by molar-refractivity contribution is 7.99. The molecule has 0 aliphatic carbocycles. The van der Waals surface area contributed by atoms with Gasteiger partial charge in [-0.2, -0.15) is 11.8 Å². The first-order valence-corrected chi connectivity index (χ1v) is 7.83. The summed E-state index contributed by atoms with van der Waals surface area (Å²) in [5.74, 6) is 2.57. The van der Waals surface area contributed by atoms with Crippen LogP contribution in [-0.4, -0.2) is 47.6 Å². The predicted molar refractivity (Wildman–Crippen MR) is 75.3 cm³/mol. The Morgan fingerprint density at radius 2 is 2.19 bits per heavy atom. The minimum atomic E-state index is 0.338. The zero-order chi connectivity index (χ0) is 12.0. The van der Waals surface area contributed by atoms with Crippen molar-refractivity contribution < 1.29 is 0 Å². The van der Waals surface area contributed by atoms with Crippen molar-refractivity contribution in [3.8, 4) is 0 Å². The monoisotopic (exact) mass is 244 g/mol. The first-order valence-electron chi connectivity index (χ1n) is 6.68. The van der Waals surface area contributed by atoms with E-state index in [-0.39, 0.29) is 0 Å². The van der Waals surface area contributed by atoms with Gasteiger partial charge in [-0.1, -0.05) is 13.8 Å². The number of rotatable bonds is 6. The van der Waals surface area contributed by atoms with Crippen molar-refractivity contribution in [2.45, 2.75) is 52.1 Å². The molecule has 0 bridgehead atoms. The van der Waals surface area contributed by atoms with Crippen molar-refractivity contribution in [1.82, 2.24) is 10.2 Å². The van der Waals surface area contributed by atoms with Crippen LogP contribution in [0, 0.1) is 0 Å². The van der Waals surface area contributed by atoms with E-state index in [4.69, 9.17) is 0 Å². The second-order valence-electron chi connectivity index (χ2n) is 5.17. The predicted octanol–water partition coefficient (Wildman–Crippen LogP) is 2.59. The molecule has 0 spiro atoms. The van der Waals surface area contributed by atoms with Crippen LogP contribution in [0.1, 0.15) is 40.5 Å². The Morgan fingerprint density at radius 1 is 1.44 bits per heavy atom. The molecule has 2 unspecified atom stereocenters. The highest BCUT2D eigenvalue weighted by Gasteiger charge is 2.31. The molecule has 1 saturated heterocycles. The lowest BCUT2D eigenvalue weighted by Crippen LogP contribution is -2.61. The second kappa shape index (κ2) is 6.87. The van der Waals surface area contributed by atoms with Crippen LogP contribution in [0.4, 0.5) is 0 Å². The summed E-state index contributed by atoms with van der Waals surface area (Å²) >= 11 is 2.06. The van der Waals surface area contributed by atoms with Crippen LogP contribution in [0.3, 0.4) is 0 Å². The maximum atomic E-state index is 3.68. The van der Waals surface area contributed by atoms with Crippen LogP contribution in [-0.2, 0) is 0 Å². The minimum Gasteiger partial charge on any atom is -0.309 e. The van der Waals surface area contributed by atoms with Gasteiger partial charge in [-0.05, 0) is 44.7 Å². The molecule has 2 nitrogen and oxygen atoms in total.